The molecule has 0 saturated carbocycles. The summed E-state index contributed by atoms with van der Waals surface area (Å²) in [5, 5.41) is 3.01. The van der Waals surface area contributed by atoms with Crippen molar-refractivity contribution in [1.82, 2.24) is 10.2 Å². The highest BCUT2D eigenvalue weighted by Gasteiger charge is 2.32. The SMILES string of the molecule is COc1ccc(OCCCC(=O)N(Cc2ccccc2F)C(Cc2ccccc2)C(=O)NC(C)(C)C)cc1. The zero-order valence-electron chi connectivity index (χ0n) is 22.6. The van der Waals surface area contributed by atoms with Crippen LogP contribution in [0, 0.1) is 5.82 Å². The van der Waals surface area contributed by atoms with E-state index >= 15 is 0 Å². The van der Waals surface area contributed by atoms with Crippen LogP contribution in [0.15, 0.2) is 78.9 Å². The van der Waals surface area contributed by atoms with E-state index in [1.165, 1.54) is 11.0 Å². The molecule has 6 nitrogen and oxygen atoms in total. The normalized spacial score (nSPS) is 11.9. The van der Waals surface area contributed by atoms with Gasteiger partial charge in [0.25, 0.3) is 0 Å². The first kappa shape index (κ1) is 28.7. The lowest BCUT2D eigenvalue weighted by Gasteiger charge is -2.34. The maximum absolute atomic E-state index is 14.7. The highest BCUT2D eigenvalue weighted by molar-refractivity contribution is 5.88. The molecule has 202 valence electrons. The Balaban J connectivity index is 1.80. The van der Waals surface area contributed by atoms with Gasteiger partial charge < -0.3 is 19.7 Å². The van der Waals surface area contributed by atoms with Crippen molar-refractivity contribution in [2.45, 2.75) is 58.2 Å². The molecule has 1 atom stereocenters. The fourth-order valence-electron chi connectivity index (χ4n) is 4.05. The molecule has 0 fully saturated rings. The van der Waals surface area contributed by atoms with Crippen molar-refractivity contribution in [2.75, 3.05) is 13.7 Å². The van der Waals surface area contributed by atoms with Gasteiger partial charge in [-0.05, 0) is 63.1 Å². The lowest BCUT2D eigenvalue weighted by molar-refractivity contribution is -0.142. The maximum atomic E-state index is 14.7. The van der Waals surface area contributed by atoms with Crippen molar-refractivity contribution < 1.29 is 23.5 Å². The number of nitrogens with zero attached hydrogens (tertiary/aromatic N) is 1. The zero-order valence-corrected chi connectivity index (χ0v) is 22.6. The lowest BCUT2D eigenvalue weighted by atomic mass is 10.00. The highest BCUT2D eigenvalue weighted by atomic mass is 19.1. The second-order valence-electron chi connectivity index (χ2n) is 10.2. The van der Waals surface area contributed by atoms with Gasteiger partial charge in [-0.15, -0.1) is 0 Å². The van der Waals surface area contributed by atoms with Gasteiger partial charge in [0.2, 0.25) is 11.8 Å². The van der Waals surface area contributed by atoms with Crippen molar-refractivity contribution in [1.29, 1.82) is 0 Å². The molecule has 38 heavy (non-hydrogen) atoms. The van der Waals surface area contributed by atoms with Gasteiger partial charge in [-0.3, -0.25) is 9.59 Å². The third-order valence-electron chi connectivity index (χ3n) is 5.93. The average Bonchev–Trinajstić information content (AvgIpc) is 2.89. The van der Waals surface area contributed by atoms with Crippen LogP contribution in [0.4, 0.5) is 4.39 Å². The molecule has 0 heterocycles. The minimum atomic E-state index is -0.814. The fourth-order valence-corrected chi connectivity index (χ4v) is 4.05. The standard InChI is InChI=1S/C31H37FN2O4/c1-31(2,3)33-30(36)28(21-23-11-6-5-7-12-23)34(22-24-13-8-9-14-27(24)32)29(35)15-10-20-38-26-18-16-25(37-4)17-19-26/h5-9,11-14,16-19,28H,10,15,20-22H2,1-4H3,(H,33,36). The largest absolute Gasteiger partial charge is 0.497 e. The topological polar surface area (TPSA) is 67.9 Å². The van der Waals surface area contributed by atoms with Crippen LogP contribution >= 0.6 is 0 Å². The number of ether oxygens (including phenoxy) is 2. The number of amides is 2. The van der Waals surface area contributed by atoms with E-state index in [1.807, 2.05) is 51.1 Å². The Hall–Kier alpha value is -3.87. The van der Waals surface area contributed by atoms with Crippen molar-refractivity contribution in [3.63, 3.8) is 0 Å². The summed E-state index contributed by atoms with van der Waals surface area (Å²) in [6.45, 7) is 5.99. The van der Waals surface area contributed by atoms with E-state index in [1.54, 1.807) is 49.6 Å². The molecule has 0 aliphatic rings. The van der Waals surface area contributed by atoms with Crippen molar-refractivity contribution >= 4 is 11.8 Å². The van der Waals surface area contributed by atoms with Crippen LogP contribution in [0.1, 0.15) is 44.7 Å². The Morgan fingerprint density at radius 3 is 2.18 bits per heavy atom. The molecule has 3 rings (SSSR count). The molecule has 1 unspecified atom stereocenters. The molecule has 0 aliphatic heterocycles. The first-order valence-corrected chi connectivity index (χ1v) is 12.8. The Kier molecular flexibility index (Phi) is 10.3. The fraction of sp³-hybridized carbons (Fsp3) is 0.355. The summed E-state index contributed by atoms with van der Waals surface area (Å²) in [7, 11) is 1.60. The van der Waals surface area contributed by atoms with Gasteiger partial charge in [0.1, 0.15) is 23.4 Å². The number of carbonyl (C=O) groups is 2. The van der Waals surface area contributed by atoms with Gasteiger partial charge in [-0.25, -0.2) is 4.39 Å². The second-order valence-corrected chi connectivity index (χ2v) is 10.2. The molecule has 3 aromatic carbocycles. The maximum Gasteiger partial charge on any atom is 0.243 e. The van der Waals surface area contributed by atoms with Gasteiger partial charge in [-0.1, -0.05) is 48.5 Å². The minimum Gasteiger partial charge on any atom is -0.497 e. The number of methoxy groups -OCH3 is 1. The van der Waals surface area contributed by atoms with Crippen LogP contribution in [0.5, 0.6) is 11.5 Å². The molecule has 0 aliphatic carbocycles. The molecule has 0 spiro atoms. The Morgan fingerprint density at radius 1 is 0.921 bits per heavy atom. The quantitative estimate of drug-likeness (QED) is 0.318. The third kappa shape index (κ3) is 8.91. The predicted molar refractivity (Wildman–Crippen MR) is 147 cm³/mol. The molecule has 0 aromatic heterocycles. The summed E-state index contributed by atoms with van der Waals surface area (Å²) in [4.78, 5) is 28.6. The van der Waals surface area contributed by atoms with Gasteiger partial charge in [0, 0.05) is 30.5 Å². The van der Waals surface area contributed by atoms with Crippen molar-refractivity contribution in [2.24, 2.45) is 0 Å². The summed E-state index contributed by atoms with van der Waals surface area (Å²) in [6, 6.07) is 22.3. The molecular formula is C31H37FN2O4. The zero-order chi connectivity index (χ0) is 27.5. The highest BCUT2D eigenvalue weighted by Crippen LogP contribution is 2.20. The number of hydrogen-bond acceptors (Lipinski definition) is 4. The Bertz CT molecular complexity index is 1180. The molecule has 0 radical (unpaired) electrons. The first-order chi connectivity index (χ1) is 18.2. The summed E-state index contributed by atoms with van der Waals surface area (Å²) < 4.78 is 25.6. The van der Waals surface area contributed by atoms with Gasteiger partial charge in [0.05, 0.1) is 13.7 Å². The number of hydrogen-bond donors (Lipinski definition) is 1. The van der Waals surface area contributed by atoms with Crippen LogP contribution in [-0.2, 0) is 22.6 Å². The number of carbonyl (C=O) groups excluding carboxylic acids is 2. The van der Waals surface area contributed by atoms with E-state index in [9.17, 15) is 14.0 Å². The monoisotopic (exact) mass is 520 g/mol. The summed E-state index contributed by atoms with van der Waals surface area (Å²) in [6.07, 6.45) is 0.904. The molecule has 3 aromatic rings. The molecule has 1 N–H and O–H groups in total. The number of nitrogens with one attached hydrogen (secondary N) is 1. The molecule has 0 saturated heterocycles. The molecule has 2 amide bonds. The smallest absolute Gasteiger partial charge is 0.243 e. The lowest BCUT2D eigenvalue weighted by Crippen LogP contribution is -2.54. The summed E-state index contributed by atoms with van der Waals surface area (Å²) >= 11 is 0. The predicted octanol–water partition coefficient (Wildman–Crippen LogP) is 5.55. The van der Waals surface area contributed by atoms with E-state index in [0.29, 0.717) is 30.8 Å². The van der Waals surface area contributed by atoms with Gasteiger partial charge in [-0.2, -0.15) is 0 Å². The third-order valence-corrected chi connectivity index (χ3v) is 5.93. The van der Waals surface area contributed by atoms with E-state index in [0.717, 1.165) is 11.3 Å². The van der Waals surface area contributed by atoms with E-state index in [2.05, 4.69) is 5.32 Å². The van der Waals surface area contributed by atoms with E-state index < -0.39 is 17.4 Å². The summed E-state index contributed by atoms with van der Waals surface area (Å²) in [5.74, 6) is 0.474. The minimum absolute atomic E-state index is 0.0140. The number of halogens is 1. The number of rotatable bonds is 12. The molecule has 7 heteroatoms. The van der Waals surface area contributed by atoms with Crippen LogP contribution < -0.4 is 14.8 Å². The van der Waals surface area contributed by atoms with E-state index in [4.69, 9.17) is 9.47 Å². The molecular weight excluding hydrogens is 483 g/mol. The van der Waals surface area contributed by atoms with Crippen LogP contribution in [0.25, 0.3) is 0 Å². The van der Waals surface area contributed by atoms with Gasteiger partial charge in [0.15, 0.2) is 0 Å². The van der Waals surface area contributed by atoms with Crippen LogP contribution in [0.2, 0.25) is 0 Å². The number of benzene rings is 3. The van der Waals surface area contributed by atoms with Crippen molar-refractivity contribution in [3.8, 4) is 11.5 Å². The molecule has 0 bridgehead atoms. The van der Waals surface area contributed by atoms with Gasteiger partial charge >= 0.3 is 0 Å². The first-order valence-electron chi connectivity index (χ1n) is 12.8. The average molecular weight is 521 g/mol. The summed E-state index contributed by atoms with van der Waals surface area (Å²) in [5.41, 5.74) is 0.776. The Morgan fingerprint density at radius 2 is 1.55 bits per heavy atom. The van der Waals surface area contributed by atoms with Crippen LogP contribution in [0.3, 0.4) is 0 Å². The van der Waals surface area contributed by atoms with Crippen LogP contribution in [-0.4, -0.2) is 42.0 Å². The second kappa shape index (κ2) is 13.6. The van der Waals surface area contributed by atoms with Crippen molar-refractivity contribution in [3.05, 3.63) is 95.8 Å². The van der Waals surface area contributed by atoms with E-state index in [-0.39, 0.29) is 24.8 Å². The Labute approximate surface area is 224 Å².